The molecular weight excluding hydrogens is 242 g/mol. The molecule has 0 amide bonds. The average Bonchev–Trinajstić information content (AvgIpc) is 2.63. The van der Waals surface area contributed by atoms with Crippen molar-refractivity contribution in [2.45, 2.75) is 32.7 Å². The van der Waals surface area contributed by atoms with Crippen molar-refractivity contribution in [3.63, 3.8) is 0 Å². The molecule has 0 aliphatic carbocycles. The van der Waals surface area contributed by atoms with Crippen LogP contribution in [0.1, 0.15) is 26.7 Å². The van der Waals surface area contributed by atoms with E-state index in [1.54, 1.807) is 0 Å². The van der Waals surface area contributed by atoms with Crippen molar-refractivity contribution in [3.05, 3.63) is 0 Å². The van der Waals surface area contributed by atoms with E-state index in [0.717, 1.165) is 30.9 Å². The van der Waals surface area contributed by atoms with Gasteiger partial charge in [0.1, 0.15) is 9.84 Å². The van der Waals surface area contributed by atoms with Gasteiger partial charge in [-0.2, -0.15) is 11.8 Å². The van der Waals surface area contributed by atoms with Crippen molar-refractivity contribution in [1.82, 2.24) is 5.32 Å². The van der Waals surface area contributed by atoms with E-state index in [-0.39, 0.29) is 0 Å². The molecule has 2 unspecified atom stereocenters. The number of nitrogens with one attached hydrogen (secondary N) is 1. The minimum Gasteiger partial charge on any atom is -0.313 e. The van der Waals surface area contributed by atoms with E-state index in [0.29, 0.717) is 23.5 Å². The van der Waals surface area contributed by atoms with Gasteiger partial charge in [-0.3, -0.25) is 0 Å². The standard InChI is InChI=1S/C11H23NO2S2/c1-3-6-16(13,14)7-5-10-8-15-9-11(10)12-4-2/h10-12H,3-9H2,1-2H3. The SMILES string of the molecule is CCCS(=O)(=O)CCC1CSCC1NCC. The first-order chi connectivity index (χ1) is 7.59. The highest BCUT2D eigenvalue weighted by Crippen LogP contribution is 2.27. The molecule has 1 saturated heterocycles. The molecule has 0 aromatic rings. The van der Waals surface area contributed by atoms with Crippen LogP contribution in [0.15, 0.2) is 0 Å². The number of sulfone groups is 1. The van der Waals surface area contributed by atoms with Crippen molar-refractivity contribution in [3.8, 4) is 0 Å². The predicted octanol–water partition coefficient (Wildman–Crippen LogP) is 1.54. The maximum atomic E-state index is 11.6. The van der Waals surface area contributed by atoms with Crippen molar-refractivity contribution in [2.75, 3.05) is 29.6 Å². The van der Waals surface area contributed by atoms with E-state index in [1.165, 1.54) is 0 Å². The molecule has 0 saturated carbocycles. The monoisotopic (exact) mass is 265 g/mol. The first-order valence-corrected chi connectivity index (χ1v) is 9.08. The molecule has 3 nitrogen and oxygen atoms in total. The van der Waals surface area contributed by atoms with Crippen molar-refractivity contribution >= 4 is 21.6 Å². The van der Waals surface area contributed by atoms with Gasteiger partial charge in [0.25, 0.3) is 0 Å². The first-order valence-electron chi connectivity index (χ1n) is 6.10. The Balaban J connectivity index is 2.36. The lowest BCUT2D eigenvalue weighted by atomic mass is 10.0. The van der Waals surface area contributed by atoms with E-state index in [9.17, 15) is 8.42 Å². The summed E-state index contributed by atoms with van der Waals surface area (Å²) < 4.78 is 23.2. The third-order valence-electron chi connectivity index (χ3n) is 2.98. The highest BCUT2D eigenvalue weighted by atomic mass is 32.2. The fourth-order valence-electron chi connectivity index (χ4n) is 2.11. The van der Waals surface area contributed by atoms with Crippen LogP contribution in [0.5, 0.6) is 0 Å². The van der Waals surface area contributed by atoms with E-state index < -0.39 is 9.84 Å². The third-order valence-corrected chi connectivity index (χ3v) is 6.13. The lowest BCUT2D eigenvalue weighted by Gasteiger charge is -2.19. The molecule has 0 aromatic carbocycles. The Morgan fingerprint density at radius 2 is 2.00 bits per heavy atom. The topological polar surface area (TPSA) is 46.2 Å². The first kappa shape index (κ1) is 14.3. The van der Waals surface area contributed by atoms with Crippen LogP contribution in [0.4, 0.5) is 0 Å². The van der Waals surface area contributed by atoms with Gasteiger partial charge in [0.2, 0.25) is 0 Å². The Morgan fingerprint density at radius 1 is 1.25 bits per heavy atom. The second-order valence-corrected chi connectivity index (χ2v) is 7.78. The van der Waals surface area contributed by atoms with Crippen LogP contribution in [-0.2, 0) is 9.84 Å². The Labute approximate surface area is 104 Å². The smallest absolute Gasteiger partial charge is 0.150 e. The number of hydrogen-bond donors (Lipinski definition) is 1. The zero-order chi connectivity index (χ0) is 12.0. The summed E-state index contributed by atoms with van der Waals surface area (Å²) in [5, 5.41) is 3.45. The summed E-state index contributed by atoms with van der Waals surface area (Å²) in [6.45, 7) is 5.00. The molecular formula is C11H23NO2S2. The molecule has 1 rings (SSSR count). The van der Waals surface area contributed by atoms with Crippen LogP contribution >= 0.6 is 11.8 Å². The zero-order valence-electron chi connectivity index (χ0n) is 10.2. The van der Waals surface area contributed by atoms with Crippen LogP contribution in [-0.4, -0.2) is 44.0 Å². The van der Waals surface area contributed by atoms with Gasteiger partial charge in [0, 0.05) is 17.5 Å². The molecule has 1 fully saturated rings. The number of hydrogen-bond acceptors (Lipinski definition) is 4. The van der Waals surface area contributed by atoms with E-state index in [2.05, 4.69) is 12.2 Å². The molecule has 0 bridgehead atoms. The largest absolute Gasteiger partial charge is 0.313 e. The highest BCUT2D eigenvalue weighted by molar-refractivity contribution is 7.99. The average molecular weight is 265 g/mol. The summed E-state index contributed by atoms with van der Waals surface area (Å²) >= 11 is 1.94. The Bertz CT molecular complexity index is 290. The molecule has 1 aliphatic heterocycles. The van der Waals surface area contributed by atoms with Gasteiger partial charge in [0.05, 0.1) is 5.75 Å². The normalized spacial score (nSPS) is 26.1. The quantitative estimate of drug-likeness (QED) is 0.758. The van der Waals surface area contributed by atoms with Gasteiger partial charge in [-0.15, -0.1) is 0 Å². The fraction of sp³-hybridized carbons (Fsp3) is 1.00. The van der Waals surface area contributed by atoms with Crippen LogP contribution in [0.25, 0.3) is 0 Å². The van der Waals surface area contributed by atoms with Gasteiger partial charge < -0.3 is 5.32 Å². The fourth-order valence-corrected chi connectivity index (χ4v) is 5.08. The minimum atomic E-state index is -2.79. The van der Waals surface area contributed by atoms with Crippen molar-refractivity contribution in [1.29, 1.82) is 0 Å². The lowest BCUT2D eigenvalue weighted by molar-refractivity contribution is 0.425. The van der Waals surface area contributed by atoms with Crippen LogP contribution in [0, 0.1) is 5.92 Å². The minimum absolute atomic E-state index is 0.346. The number of thioether (sulfide) groups is 1. The Kier molecular flexibility index (Phi) is 6.15. The van der Waals surface area contributed by atoms with Gasteiger partial charge >= 0.3 is 0 Å². The molecule has 0 aromatic heterocycles. The zero-order valence-corrected chi connectivity index (χ0v) is 11.9. The van der Waals surface area contributed by atoms with Crippen molar-refractivity contribution in [2.24, 2.45) is 5.92 Å². The molecule has 0 radical (unpaired) electrons. The van der Waals surface area contributed by atoms with E-state index >= 15 is 0 Å². The molecule has 96 valence electrons. The van der Waals surface area contributed by atoms with Crippen molar-refractivity contribution < 1.29 is 8.42 Å². The summed E-state index contributed by atoms with van der Waals surface area (Å²) in [4.78, 5) is 0. The summed E-state index contributed by atoms with van der Waals surface area (Å²) in [5.74, 6) is 3.50. The summed E-state index contributed by atoms with van der Waals surface area (Å²) in [5.41, 5.74) is 0. The molecule has 1 aliphatic rings. The summed E-state index contributed by atoms with van der Waals surface area (Å²) in [6.07, 6.45) is 1.56. The molecule has 2 atom stereocenters. The van der Waals surface area contributed by atoms with Gasteiger partial charge in [-0.25, -0.2) is 8.42 Å². The maximum absolute atomic E-state index is 11.6. The van der Waals surface area contributed by atoms with Crippen LogP contribution in [0.2, 0.25) is 0 Å². The lowest BCUT2D eigenvalue weighted by Crippen LogP contribution is -2.36. The molecule has 16 heavy (non-hydrogen) atoms. The molecule has 1 N–H and O–H groups in total. The molecule has 5 heteroatoms. The van der Waals surface area contributed by atoms with E-state index in [4.69, 9.17) is 0 Å². The second kappa shape index (κ2) is 6.87. The van der Waals surface area contributed by atoms with Crippen LogP contribution in [0.3, 0.4) is 0 Å². The Hall–Kier alpha value is 0.260. The maximum Gasteiger partial charge on any atom is 0.150 e. The molecule has 0 spiro atoms. The summed E-state index contributed by atoms with van der Waals surface area (Å²) in [6, 6.07) is 0.520. The van der Waals surface area contributed by atoms with E-state index in [1.807, 2.05) is 18.7 Å². The van der Waals surface area contributed by atoms with Gasteiger partial charge in [-0.1, -0.05) is 13.8 Å². The number of rotatable bonds is 7. The van der Waals surface area contributed by atoms with Crippen LogP contribution < -0.4 is 5.32 Å². The van der Waals surface area contributed by atoms with Gasteiger partial charge in [-0.05, 0) is 31.1 Å². The highest BCUT2D eigenvalue weighted by Gasteiger charge is 2.27. The second-order valence-electron chi connectivity index (χ2n) is 4.40. The summed E-state index contributed by atoms with van der Waals surface area (Å²) in [7, 11) is -2.79. The Morgan fingerprint density at radius 3 is 2.62 bits per heavy atom. The molecule has 1 heterocycles. The van der Waals surface area contributed by atoms with Gasteiger partial charge in [0.15, 0.2) is 0 Å². The third kappa shape index (κ3) is 4.63. The predicted molar refractivity (Wildman–Crippen MR) is 71.8 cm³/mol.